The summed E-state index contributed by atoms with van der Waals surface area (Å²) in [5.74, 6) is 1.19. The summed E-state index contributed by atoms with van der Waals surface area (Å²) in [5, 5.41) is 0.574. The summed E-state index contributed by atoms with van der Waals surface area (Å²) in [6, 6.07) is 1.97. The second-order valence-electron chi connectivity index (χ2n) is 5.94. The zero-order valence-corrected chi connectivity index (χ0v) is 15.8. The average Bonchev–Trinajstić information content (AvgIpc) is 2.57. The third kappa shape index (κ3) is 3.32. The van der Waals surface area contributed by atoms with Gasteiger partial charge in [-0.1, -0.05) is 11.8 Å². The summed E-state index contributed by atoms with van der Waals surface area (Å²) >= 11 is 1.41. The first-order chi connectivity index (χ1) is 11.4. The monoisotopic (exact) mass is 373 g/mol. The molecule has 10 heteroatoms. The molecule has 2 saturated heterocycles. The lowest BCUT2D eigenvalue weighted by atomic mass is 10.2. The third-order valence-electron chi connectivity index (χ3n) is 4.29. The van der Waals surface area contributed by atoms with Crippen molar-refractivity contribution in [2.24, 2.45) is 0 Å². The zero-order chi connectivity index (χ0) is 17.3. The van der Waals surface area contributed by atoms with Crippen molar-refractivity contribution in [2.45, 2.75) is 24.5 Å². The van der Waals surface area contributed by atoms with Gasteiger partial charge in [-0.25, -0.2) is 14.3 Å². The standard InChI is InChI=1S/C14H23N5O3S2/c1-11-10-22-8-7-18(11)12-9-13(16-14(15-12)23-3)19-6-4-5-17(2)24(19,20)21/h9,11H,4-8,10H2,1-3H3/t11-/m1/s1. The van der Waals surface area contributed by atoms with Crippen LogP contribution < -0.4 is 9.21 Å². The van der Waals surface area contributed by atoms with Crippen LogP contribution in [-0.4, -0.2) is 74.9 Å². The van der Waals surface area contributed by atoms with Crippen LogP contribution in [0.4, 0.5) is 11.6 Å². The van der Waals surface area contributed by atoms with Gasteiger partial charge in [0.25, 0.3) is 0 Å². The Morgan fingerprint density at radius 3 is 2.71 bits per heavy atom. The Hall–Kier alpha value is -1.10. The lowest BCUT2D eigenvalue weighted by Gasteiger charge is -2.36. The van der Waals surface area contributed by atoms with E-state index in [4.69, 9.17) is 4.74 Å². The zero-order valence-electron chi connectivity index (χ0n) is 14.2. The minimum atomic E-state index is -3.52. The molecule has 1 aromatic heterocycles. The van der Waals surface area contributed by atoms with Crippen LogP contribution in [0.15, 0.2) is 11.2 Å². The van der Waals surface area contributed by atoms with E-state index in [0.717, 1.165) is 18.8 Å². The second kappa shape index (κ2) is 7.03. The summed E-state index contributed by atoms with van der Waals surface area (Å²) in [7, 11) is -1.92. The predicted octanol–water partition coefficient (Wildman–Crippen LogP) is 0.810. The summed E-state index contributed by atoms with van der Waals surface area (Å²) in [4.78, 5) is 11.2. The van der Waals surface area contributed by atoms with E-state index >= 15 is 0 Å². The first-order valence-corrected chi connectivity index (χ1v) is 10.6. The number of hydrogen-bond donors (Lipinski definition) is 0. The Morgan fingerprint density at radius 1 is 1.25 bits per heavy atom. The molecule has 0 bridgehead atoms. The van der Waals surface area contributed by atoms with Crippen molar-refractivity contribution >= 4 is 33.6 Å². The SMILES string of the molecule is CSc1nc(N2CCOC[C@H]2C)cc(N2CCCN(C)S2(=O)=O)n1. The van der Waals surface area contributed by atoms with Gasteiger partial charge in [0, 0.05) is 32.7 Å². The number of morpholine rings is 1. The number of rotatable bonds is 3. The maximum absolute atomic E-state index is 12.6. The number of ether oxygens (including phenoxy) is 1. The van der Waals surface area contributed by atoms with Crippen LogP contribution in [0.3, 0.4) is 0 Å². The van der Waals surface area contributed by atoms with Gasteiger partial charge in [-0.15, -0.1) is 0 Å². The highest BCUT2D eigenvalue weighted by atomic mass is 32.2. The van der Waals surface area contributed by atoms with Crippen LogP contribution >= 0.6 is 11.8 Å². The molecule has 0 amide bonds. The van der Waals surface area contributed by atoms with Crippen LogP contribution in [0.25, 0.3) is 0 Å². The lowest BCUT2D eigenvalue weighted by molar-refractivity contribution is 0.0984. The maximum Gasteiger partial charge on any atom is 0.305 e. The van der Waals surface area contributed by atoms with E-state index in [1.807, 2.05) is 6.26 Å². The molecule has 0 aromatic carbocycles. The van der Waals surface area contributed by atoms with Crippen LogP contribution in [0.2, 0.25) is 0 Å². The first kappa shape index (κ1) is 17.7. The highest BCUT2D eigenvalue weighted by molar-refractivity contribution is 7.98. The van der Waals surface area contributed by atoms with Gasteiger partial charge in [0.1, 0.15) is 11.6 Å². The highest BCUT2D eigenvalue weighted by Gasteiger charge is 2.33. The fourth-order valence-corrected chi connectivity index (χ4v) is 4.66. The Labute approximate surface area is 147 Å². The van der Waals surface area contributed by atoms with E-state index in [0.29, 0.717) is 37.3 Å². The minimum absolute atomic E-state index is 0.192. The van der Waals surface area contributed by atoms with Gasteiger partial charge in [0.2, 0.25) is 0 Å². The van der Waals surface area contributed by atoms with E-state index in [2.05, 4.69) is 21.8 Å². The first-order valence-electron chi connectivity index (χ1n) is 7.95. The fraction of sp³-hybridized carbons (Fsp3) is 0.714. The molecule has 0 saturated carbocycles. The van der Waals surface area contributed by atoms with E-state index < -0.39 is 10.2 Å². The maximum atomic E-state index is 12.6. The summed E-state index contributed by atoms with van der Waals surface area (Å²) in [6.45, 7) is 5.06. The van der Waals surface area contributed by atoms with Crippen molar-refractivity contribution in [3.8, 4) is 0 Å². The molecule has 24 heavy (non-hydrogen) atoms. The molecule has 8 nitrogen and oxygen atoms in total. The quantitative estimate of drug-likeness (QED) is 0.573. The number of nitrogens with zero attached hydrogens (tertiary/aromatic N) is 5. The number of aromatic nitrogens is 2. The summed E-state index contributed by atoms with van der Waals surface area (Å²) in [5.41, 5.74) is 0. The molecular weight excluding hydrogens is 350 g/mol. The molecule has 0 N–H and O–H groups in total. The molecule has 2 fully saturated rings. The smallest absolute Gasteiger partial charge is 0.305 e. The molecule has 1 aromatic rings. The van der Waals surface area contributed by atoms with Crippen molar-refractivity contribution in [3.05, 3.63) is 6.07 Å². The van der Waals surface area contributed by atoms with E-state index in [9.17, 15) is 8.42 Å². The van der Waals surface area contributed by atoms with Gasteiger partial charge in [0.15, 0.2) is 5.16 Å². The molecule has 134 valence electrons. The summed E-state index contributed by atoms with van der Waals surface area (Å²) < 4.78 is 33.5. The largest absolute Gasteiger partial charge is 0.377 e. The van der Waals surface area contributed by atoms with E-state index in [-0.39, 0.29) is 6.04 Å². The second-order valence-corrected chi connectivity index (χ2v) is 8.68. The van der Waals surface area contributed by atoms with Crippen LogP contribution in [0, 0.1) is 0 Å². The molecular formula is C14H23N5O3S2. The van der Waals surface area contributed by atoms with Crippen molar-refractivity contribution in [1.29, 1.82) is 0 Å². The van der Waals surface area contributed by atoms with Crippen molar-refractivity contribution in [2.75, 3.05) is 55.4 Å². The van der Waals surface area contributed by atoms with Gasteiger partial charge in [-0.05, 0) is 19.6 Å². The van der Waals surface area contributed by atoms with Crippen LogP contribution in [0.1, 0.15) is 13.3 Å². The number of hydrogen-bond acceptors (Lipinski definition) is 7. The van der Waals surface area contributed by atoms with Crippen molar-refractivity contribution in [1.82, 2.24) is 14.3 Å². The van der Waals surface area contributed by atoms with E-state index in [1.165, 1.54) is 20.4 Å². The Bertz CT molecular complexity index is 700. The lowest BCUT2D eigenvalue weighted by Crippen LogP contribution is -2.48. The number of anilines is 2. The Kier molecular flexibility index (Phi) is 5.19. The molecule has 0 radical (unpaired) electrons. The molecule has 0 spiro atoms. The Balaban J connectivity index is 2.00. The molecule has 1 atom stereocenters. The fourth-order valence-electron chi connectivity index (χ4n) is 2.90. The summed E-state index contributed by atoms with van der Waals surface area (Å²) in [6.07, 6.45) is 2.67. The molecule has 2 aliphatic heterocycles. The van der Waals surface area contributed by atoms with Gasteiger partial charge in [-0.3, -0.25) is 0 Å². The van der Waals surface area contributed by atoms with Crippen molar-refractivity contribution < 1.29 is 13.2 Å². The minimum Gasteiger partial charge on any atom is -0.377 e. The normalized spacial score (nSPS) is 25.0. The molecule has 2 aliphatic rings. The average molecular weight is 374 g/mol. The molecule has 0 aliphatic carbocycles. The molecule has 3 rings (SSSR count). The predicted molar refractivity (Wildman–Crippen MR) is 95.0 cm³/mol. The highest BCUT2D eigenvalue weighted by Crippen LogP contribution is 2.28. The van der Waals surface area contributed by atoms with Gasteiger partial charge < -0.3 is 9.64 Å². The van der Waals surface area contributed by atoms with Crippen molar-refractivity contribution in [3.63, 3.8) is 0 Å². The number of thioether (sulfide) groups is 1. The van der Waals surface area contributed by atoms with Crippen LogP contribution in [0.5, 0.6) is 0 Å². The van der Waals surface area contributed by atoms with Gasteiger partial charge >= 0.3 is 10.2 Å². The van der Waals surface area contributed by atoms with Gasteiger partial charge in [-0.2, -0.15) is 12.7 Å². The molecule has 3 heterocycles. The topological polar surface area (TPSA) is 78.9 Å². The third-order valence-corrected chi connectivity index (χ3v) is 6.73. The Morgan fingerprint density at radius 2 is 2.00 bits per heavy atom. The van der Waals surface area contributed by atoms with E-state index in [1.54, 1.807) is 13.1 Å². The van der Waals surface area contributed by atoms with Crippen LogP contribution in [-0.2, 0) is 14.9 Å². The van der Waals surface area contributed by atoms with Gasteiger partial charge in [0.05, 0.1) is 19.3 Å². The molecule has 0 unspecified atom stereocenters.